The third kappa shape index (κ3) is 3.43. The summed E-state index contributed by atoms with van der Waals surface area (Å²) in [6, 6.07) is 7.70. The van der Waals surface area contributed by atoms with Gasteiger partial charge in [-0.05, 0) is 18.1 Å². The van der Waals surface area contributed by atoms with E-state index in [0.29, 0.717) is 0 Å². The molecule has 14 heavy (non-hydrogen) atoms. The predicted molar refractivity (Wildman–Crippen MR) is 61.7 cm³/mol. The number of rotatable bonds is 5. The summed E-state index contributed by atoms with van der Waals surface area (Å²) in [5.74, 6) is 0. The highest BCUT2D eigenvalue weighted by molar-refractivity contribution is 9.10. The van der Waals surface area contributed by atoms with E-state index in [1.807, 2.05) is 24.3 Å². The van der Waals surface area contributed by atoms with Crippen LogP contribution in [0.1, 0.15) is 44.3 Å². The summed E-state index contributed by atoms with van der Waals surface area (Å²) >= 11 is 3.41. The lowest BCUT2D eigenvalue weighted by atomic mass is 10.0. The van der Waals surface area contributed by atoms with Crippen molar-refractivity contribution in [3.8, 4) is 0 Å². The first-order valence-corrected chi connectivity index (χ1v) is 5.95. The SMILES string of the molecule is CCCCCC([O])c1ccccc1Br. The van der Waals surface area contributed by atoms with Gasteiger partial charge in [0.1, 0.15) is 6.10 Å². The van der Waals surface area contributed by atoms with Crippen molar-refractivity contribution in [2.24, 2.45) is 0 Å². The van der Waals surface area contributed by atoms with Gasteiger partial charge >= 0.3 is 0 Å². The van der Waals surface area contributed by atoms with E-state index in [2.05, 4.69) is 22.9 Å². The first-order valence-electron chi connectivity index (χ1n) is 5.16. The van der Waals surface area contributed by atoms with E-state index in [1.165, 1.54) is 6.42 Å². The van der Waals surface area contributed by atoms with Gasteiger partial charge in [-0.2, -0.15) is 0 Å². The number of hydrogen-bond donors (Lipinski definition) is 0. The van der Waals surface area contributed by atoms with E-state index in [9.17, 15) is 5.11 Å². The van der Waals surface area contributed by atoms with Gasteiger partial charge in [-0.3, -0.25) is 0 Å². The smallest absolute Gasteiger partial charge is 0.119 e. The van der Waals surface area contributed by atoms with Crippen molar-refractivity contribution in [3.05, 3.63) is 34.3 Å². The average Bonchev–Trinajstić information content (AvgIpc) is 2.18. The maximum Gasteiger partial charge on any atom is 0.119 e. The second-order valence-electron chi connectivity index (χ2n) is 3.51. The molecule has 0 saturated heterocycles. The van der Waals surface area contributed by atoms with Gasteiger partial charge in [0.25, 0.3) is 0 Å². The summed E-state index contributed by atoms with van der Waals surface area (Å²) < 4.78 is 0.941. The van der Waals surface area contributed by atoms with Crippen LogP contribution in [0.4, 0.5) is 0 Å². The van der Waals surface area contributed by atoms with Gasteiger partial charge in [0, 0.05) is 4.47 Å². The Kier molecular flexibility index (Phi) is 5.20. The molecule has 0 aliphatic heterocycles. The Morgan fingerprint density at radius 1 is 1.29 bits per heavy atom. The normalized spacial score (nSPS) is 12.8. The molecule has 1 nitrogen and oxygen atoms in total. The van der Waals surface area contributed by atoms with Crippen LogP contribution in [0.25, 0.3) is 0 Å². The summed E-state index contributed by atoms with van der Waals surface area (Å²) in [6.07, 6.45) is 3.53. The van der Waals surface area contributed by atoms with Gasteiger partial charge in [0.05, 0.1) is 0 Å². The van der Waals surface area contributed by atoms with Gasteiger partial charge in [-0.1, -0.05) is 60.3 Å². The molecule has 1 radical (unpaired) electrons. The van der Waals surface area contributed by atoms with Crippen LogP contribution in [0, 0.1) is 0 Å². The molecule has 0 aliphatic carbocycles. The van der Waals surface area contributed by atoms with Crippen molar-refractivity contribution in [1.29, 1.82) is 0 Å². The van der Waals surface area contributed by atoms with Gasteiger partial charge in [0.15, 0.2) is 0 Å². The Hall–Kier alpha value is -0.340. The zero-order chi connectivity index (χ0) is 10.4. The van der Waals surface area contributed by atoms with Gasteiger partial charge in [0.2, 0.25) is 0 Å². The molecule has 0 N–H and O–H groups in total. The lowest BCUT2D eigenvalue weighted by Gasteiger charge is -2.09. The van der Waals surface area contributed by atoms with E-state index in [1.54, 1.807) is 0 Å². The molecule has 0 fully saturated rings. The van der Waals surface area contributed by atoms with Crippen LogP contribution in [0.5, 0.6) is 0 Å². The van der Waals surface area contributed by atoms with Gasteiger partial charge < -0.3 is 0 Å². The molecule has 0 aliphatic rings. The lowest BCUT2D eigenvalue weighted by Crippen LogP contribution is -1.96. The van der Waals surface area contributed by atoms with Crippen molar-refractivity contribution in [2.75, 3.05) is 0 Å². The predicted octanol–water partition coefficient (Wildman–Crippen LogP) is 4.50. The summed E-state index contributed by atoms with van der Waals surface area (Å²) in [4.78, 5) is 0. The third-order valence-corrected chi connectivity index (χ3v) is 3.04. The van der Waals surface area contributed by atoms with Crippen LogP contribution >= 0.6 is 15.9 Å². The van der Waals surface area contributed by atoms with Crippen LogP contribution in [0.2, 0.25) is 0 Å². The molecule has 77 valence electrons. The topological polar surface area (TPSA) is 19.9 Å². The first kappa shape index (κ1) is 11.7. The minimum atomic E-state index is -0.572. The van der Waals surface area contributed by atoms with Crippen LogP contribution < -0.4 is 0 Å². The monoisotopic (exact) mass is 255 g/mol. The molecule has 0 spiro atoms. The minimum Gasteiger partial charge on any atom is -0.228 e. The molecule has 0 bridgehead atoms. The number of unbranched alkanes of at least 4 members (excludes halogenated alkanes) is 2. The highest BCUT2D eigenvalue weighted by atomic mass is 79.9. The van der Waals surface area contributed by atoms with Crippen molar-refractivity contribution in [1.82, 2.24) is 0 Å². The Bertz CT molecular complexity index is 273. The molecule has 1 atom stereocenters. The number of benzene rings is 1. The quantitative estimate of drug-likeness (QED) is 0.691. The molecule has 1 rings (SSSR count). The molecule has 0 heterocycles. The third-order valence-electron chi connectivity index (χ3n) is 2.32. The van der Waals surface area contributed by atoms with Crippen molar-refractivity contribution >= 4 is 15.9 Å². The second-order valence-corrected chi connectivity index (χ2v) is 4.36. The Morgan fingerprint density at radius 3 is 2.64 bits per heavy atom. The molecule has 0 aromatic heterocycles. The lowest BCUT2D eigenvalue weighted by molar-refractivity contribution is 0.0781. The van der Waals surface area contributed by atoms with Crippen LogP contribution in [0.3, 0.4) is 0 Å². The molecule has 0 amide bonds. The minimum absolute atomic E-state index is 0.572. The molecule has 2 heteroatoms. The maximum absolute atomic E-state index is 11.8. The number of halogens is 1. The highest BCUT2D eigenvalue weighted by Gasteiger charge is 2.11. The van der Waals surface area contributed by atoms with E-state index < -0.39 is 6.10 Å². The van der Waals surface area contributed by atoms with Crippen LogP contribution in [-0.4, -0.2) is 0 Å². The molecule has 1 aromatic rings. The summed E-state index contributed by atoms with van der Waals surface area (Å²) in [6.45, 7) is 2.15. The Balaban J connectivity index is 2.51. The first-order chi connectivity index (χ1) is 6.75. The van der Waals surface area contributed by atoms with Crippen molar-refractivity contribution in [3.63, 3.8) is 0 Å². The largest absolute Gasteiger partial charge is 0.228 e. The van der Waals surface area contributed by atoms with Crippen LogP contribution in [-0.2, 0) is 5.11 Å². The summed E-state index contributed by atoms with van der Waals surface area (Å²) in [5.41, 5.74) is 0.892. The van der Waals surface area contributed by atoms with Crippen LogP contribution in [0.15, 0.2) is 28.7 Å². The van der Waals surface area contributed by atoms with Gasteiger partial charge in [-0.15, -0.1) is 0 Å². The van der Waals surface area contributed by atoms with E-state index in [0.717, 1.165) is 29.3 Å². The highest BCUT2D eigenvalue weighted by Crippen LogP contribution is 2.27. The molecular formula is C12H16BrO. The second kappa shape index (κ2) is 6.20. The molecule has 1 unspecified atom stereocenters. The standard InChI is InChI=1S/C12H16BrO/c1-2-3-4-9-12(14)10-7-5-6-8-11(10)13/h5-8,12H,2-4,9H2,1H3. The molecule has 1 aromatic carbocycles. The average molecular weight is 256 g/mol. The van der Waals surface area contributed by atoms with Gasteiger partial charge in [-0.25, -0.2) is 5.11 Å². The Morgan fingerprint density at radius 2 is 2.00 bits per heavy atom. The maximum atomic E-state index is 11.8. The molecular weight excluding hydrogens is 240 g/mol. The van der Waals surface area contributed by atoms with E-state index in [4.69, 9.17) is 0 Å². The summed E-state index contributed by atoms with van der Waals surface area (Å²) in [5, 5.41) is 11.8. The zero-order valence-corrected chi connectivity index (χ0v) is 10.1. The fourth-order valence-electron chi connectivity index (χ4n) is 1.47. The van der Waals surface area contributed by atoms with Crippen molar-refractivity contribution < 1.29 is 5.11 Å². The summed E-state index contributed by atoms with van der Waals surface area (Å²) in [7, 11) is 0. The fourth-order valence-corrected chi connectivity index (χ4v) is 2.01. The molecule has 0 saturated carbocycles. The van der Waals surface area contributed by atoms with E-state index >= 15 is 0 Å². The fraction of sp³-hybridized carbons (Fsp3) is 0.500. The zero-order valence-electron chi connectivity index (χ0n) is 8.50. The number of hydrogen-bond acceptors (Lipinski definition) is 0. The van der Waals surface area contributed by atoms with E-state index in [-0.39, 0.29) is 0 Å². The van der Waals surface area contributed by atoms with Crippen molar-refractivity contribution in [2.45, 2.75) is 38.7 Å². The Labute approximate surface area is 94.3 Å².